The molecule has 9 nitrogen and oxygen atoms in total. The average molecular weight is 449 g/mol. The molecule has 1 aliphatic heterocycles. The Balaban J connectivity index is 2.29. The van der Waals surface area contributed by atoms with Crippen molar-refractivity contribution >= 4 is 23.9 Å². The van der Waals surface area contributed by atoms with Crippen molar-refractivity contribution in [3.05, 3.63) is 29.8 Å². The SMILES string of the molecule is CC(=O)c1ccccc1OC(=O)C1CN(C(=O)OC(C)(C)C)CCN1C(=O)OC(C)(C)C. The molecule has 0 bridgehead atoms. The van der Waals surface area contributed by atoms with Gasteiger partial charge in [-0.05, 0) is 60.6 Å². The Kier molecular flexibility index (Phi) is 7.54. The molecule has 0 aromatic heterocycles. The summed E-state index contributed by atoms with van der Waals surface area (Å²) >= 11 is 0. The van der Waals surface area contributed by atoms with Crippen molar-refractivity contribution in [2.24, 2.45) is 0 Å². The minimum absolute atomic E-state index is 0.0578. The fourth-order valence-corrected chi connectivity index (χ4v) is 3.04. The number of amides is 2. The molecule has 1 saturated heterocycles. The van der Waals surface area contributed by atoms with Gasteiger partial charge in [-0.3, -0.25) is 9.69 Å². The van der Waals surface area contributed by atoms with Crippen molar-refractivity contribution in [3.63, 3.8) is 0 Å². The molecule has 1 aromatic carbocycles. The van der Waals surface area contributed by atoms with Crippen LogP contribution in [0.1, 0.15) is 58.8 Å². The Hall–Kier alpha value is -3.10. The lowest BCUT2D eigenvalue weighted by Gasteiger charge is -2.40. The van der Waals surface area contributed by atoms with Crippen molar-refractivity contribution in [2.45, 2.75) is 65.7 Å². The number of carbonyl (C=O) groups excluding carboxylic acids is 4. The molecule has 32 heavy (non-hydrogen) atoms. The van der Waals surface area contributed by atoms with Gasteiger partial charge in [0.1, 0.15) is 17.0 Å². The van der Waals surface area contributed by atoms with E-state index < -0.39 is 35.4 Å². The second-order valence-electron chi connectivity index (χ2n) is 9.59. The van der Waals surface area contributed by atoms with Crippen LogP contribution in [-0.2, 0) is 14.3 Å². The van der Waals surface area contributed by atoms with Gasteiger partial charge in [-0.1, -0.05) is 12.1 Å². The number of nitrogens with zero attached hydrogens (tertiary/aromatic N) is 2. The number of ketones is 1. The first-order valence-electron chi connectivity index (χ1n) is 10.5. The Labute approximate surface area is 188 Å². The van der Waals surface area contributed by atoms with Crippen LogP contribution in [0.25, 0.3) is 0 Å². The third-order valence-corrected chi connectivity index (χ3v) is 4.41. The van der Waals surface area contributed by atoms with Gasteiger partial charge in [0.2, 0.25) is 0 Å². The molecule has 1 heterocycles. The number of carbonyl (C=O) groups is 4. The van der Waals surface area contributed by atoms with Gasteiger partial charge < -0.3 is 19.1 Å². The molecule has 1 fully saturated rings. The zero-order valence-electron chi connectivity index (χ0n) is 19.8. The van der Waals surface area contributed by atoms with E-state index in [0.29, 0.717) is 0 Å². The highest BCUT2D eigenvalue weighted by Crippen LogP contribution is 2.23. The number of hydrogen-bond acceptors (Lipinski definition) is 7. The number of piperazine rings is 1. The van der Waals surface area contributed by atoms with Crippen LogP contribution >= 0.6 is 0 Å². The molecule has 0 N–H and O–H groups in total. The van der Waals surface area contributed by atoms with E-state index >= 15 is 0 Å². The van der Waals surface area contributed by atoms with Crippen LogP contribution in [0.3, 0.4) is 0 Å². The van der Waals surface area contributed by atoms with Crippen LogP contribution in [0.2, 0.25) is 0 Å². The summed E-state index contributed by atoms with van der Waals surface area (Å²) in [6.07, 6.45) is -1.29. The summed E-state index contributed by atoms with van der Waals surface area (Å²) in [6, 6.07) is 5.21. The average Bonchev–Trinajstić information content (AvgIpc) is 2.65. The molecule has 2 amide bonds. The highest BCUT2D eigenvalue weighted by atomic mass is 16.6. The lowest BCUT2D eigenvalue weighted by molar-refractivity contribution is -0.142. The Morgan fingerprint density at radius 2 is 1.44 bits per heavy atom. The molecule has 0 radical (unpaired) electrons. The van der Waals surface area contributed by atoms with Crippen LogP contribution < -0.4 is 4.74 Å². The van der Waals surface area contributed by atoms with E-state index in [1.165, 1.54) is 22.8 Å². The molecule has 0 spiro atoms. The molecule has 1 aromatic rings. The third-order valence-electron chi connectivity index (χ3n) is 4.41. The van der Waals surface area contributed by atoms with E-state index in [0.717, 1.165) is 0 Å². The second-order valence-corrected chi connectivity index (χ2v) is 9.59. The number of Topliss-reactive ketones (excluding diaryl/α,β-unsaturated/α-hetero) is 1. The summed E-state index contributed by atoms with van der Waals surface area (Å²) < 4.78 is 16.3. The van der Waals surface area contributed by atoms with Crippen LogP contribution in [0.15, 0.2) is 24.3 Å². The topological polar surface area (TPSA) is 102 Å². The molecular formula is C23H32N2O7. The number of esters is 1. The predicted octanol–water partition coefficient (Wildman–Crippen LogP) is 3.65. The summed E-state index contributed by atoms with van der Waals surface area (Å²) in [4.78, 5) is 52.9. The van der Waals surface area contributed by atoms with Gasteiger partial charge in [0.05, 0.1) is 12.1 Å². The number of ether oxygens (including phenoxy) is 3. The molecule has 1 aliphatic rings. The van der Waals surface area contributed by atoms with Gasteiger partial charge in [-0.15, -0.1) is 0 Å². The summed E-state index contributed by atoms with van der Waals surface area (Å²) in [5.74, 6) is -0.960. The van der Waals surface area contributed by atoms with E-state index in [1.807, 2.05) is 0 Å². The van der Waals surface area contributed by atoms with E-state index in [4.69, 9.17) is 14.2 Å². The van der Waals surface area contributed by atoms with E-state index in [2.05, 4.69) is 0 Å². The number of benzene rings is 1. The molecule has 1 atom stereocenters. The highest BCUT2D eigenvalue weighted by Gasteiger charge is 2.41. The zero-order chi connectivity index (χ0) is 24.3. The van der Waals surface area contributed by atoms with E-state index in [9.17, 15) is 19.2 Å². The summed E-state index contributed by atoms with van der Waals surface area (Å²) in [5.41, 5.74) is -1.24. The smallest absolute Gasteiger partial charge is 0.411 e. The second kappa shape index (κ2) is 9.58. The monoisotopic (exact) mass is 448 g/mol. The van der Waals surface area contributed by atoms with Crippen molar-refractivity contribution in [2.75, 3.05) is 19.6 Å². The van der Waals surface area contributed by atoms with Crippen LogP contribution in [0.5, 0.6) is 5.75 Å². The third kappa shape index (κ3) is 6.96. The molecule has 1 unspecified atom stereocenters. The minimum Gasteiger partial charge on any atom is -0.444 e. The van der Waals surface area contributed by atoms with Crippen LogP contribution in [0.4, 0.5) is 9.59 Å². The standard InChI is InChI=1S/C23H32N2O7/c1-15(26)16-10-8-9-11-18(16)30-19(27)17-14-24(20(28)31-22(2,3)4)12-13-25(17)21(29)32-23(5,6)7/h8-11,17H,12-14H2,1-7H3. The summed E-state index contributed by atoms with van der Waals surface area (Å²) in [5, 5.41) is 0. The van der Waals surface area contributed by atoms with Crippen molar-refractivity contribution in [1.82, 2.24) is 9.80 Å². The molecule has 2 rings (SSSR count). The first kappa shape index (κ1) is 25.2. The predicted molar refractivity (Wildman–Crippen MR) is 117 cm³/mol. The van der Waals surface area contributed by atoms with Gasteiger partial charge in [-0.25, -0.2) is 14.4 Å². The van der Waals surface area contributed by atoms with Gasteiger partial charge in [-0.2, -0.15) is 0 Å². The first-order chi connectivity index (χ1) is 14.7. The first-order valence-corrected chi connectivity index (χ1v) is 10.5. The lowest BCUT2D eigenvalue weighted by Crippen LogP contribution is -2.61. The molecule has 9 heteroatoms. The lowest BCUT2D eigenvalue weighted by atomic mass is 10.1. The maximum absolute atomic E-state index is 13.1. The summed E-state index contributed by atoms with van der Waals surface area (Å²) in [6.45, 7) is 11.9. The molecular weight excluding hydrogens is 416 g/mol. The maximum Gasteiger partial charge on any atom is 0.411 e. The van der Waals surface area contributed by atoms with Crippen molar-refractivity contribution in [3.8, 4) is 5.75 Å². The quantitative estimate of drug-likeness (QED) is 0.395. The highest BCUT2D eigenvalue weighted by molar-refractivity contribution is 5.97. The largest absolute Gasteiger partial charge is 0.444 e. The zero-order valence-corrected chi connectivity index (χ0v) is 19.8. The molecule has 0 saturated carbocycles. The molecule has 176 valence electrons. The minimum atomic E-state index is -1.13. The number of para-hydroxylation sites is 1. The Morgan fingerprint density at radius 1 is 0.875 bits per heavy atom. The van der Waals surface area contributed by atoms with E-state index in [-0.39, 0.29) is 36.7 Å². The number of rotatable bonds is 3. The van der Waals surface area contributed by atoms with Gasteiger partial charge >= 0.3 is 18.2 Å². The van der Waals surface area contributed by atoms with Crippen LogP contribution in [0, 0.1) is 0 Å². The van der Waals surface area contributed by atoms with Crippen LogP contribution in [-0.4, -0.2) is 70.6 Å². The maximum atomic E-state index is 13.1. The number of hydrogen-bond donors (Lipinski definition) is 0. The van der Waals surface area contributed by atoms with Crippen molar-refractivity contribution in [1.29, 1.82) is 0 Å². The van der Waals surface area contributed by atoms with Crippen molar-refractivity contribution < 1.29 is 33.4 Å². The van der Waals surface area contributed by atoms with Gasteiger partial charge in [0.25, 0.3) is 0 Å². The fourth-order valence-electron chi connectivity index (χ4n) is 3.04. The Morgan fingerprint density at radius 3 is 2.00 bits per heavy atom. The fraction of sp³-hybridized carbons (Fsp3) is 0.565. The van der Waals surface area contributed by atoms with Gasteiger partial charge in [0.15, 0.2) is 11.8 Å². The normalized spacial score (nSPS) is 16.9. The van der Waals surface area contributed by atoms with E-state index in [1.54, 1.807) is 59.7 Å². The Bertz CT molecular complexity index is 883. The van der Waals surface area contributed by atoms with Gasteiger partial charge in [0, 0.05) is 13.1 Å². The molecule has 0 aliphatic carbocycles. The summed E-state index contributed by atoms with van der Waals surface area (Å²) in [7, 11) is 0.